The van der Waals surface area contributed by atoms with Gasteiger partial charge in [-0.3, -0.25) is 15.1 Å². The Morgan fingerprint density at radius 2 is 1.82 bits per heavy atom. The molecule has 0 spiro atoms. The van der Waals surface area contributed by atoms with Crippen LogP contribution in [-0.4, -0.2) is 22.5 Å². The van der Waals surface area contributed by atoms with Crippen molar-refractivity contribution in [1.29, 1.82) is 0 Å². The molecule has 116 valence electrons. The number of hydrogen-bond acceptors (Lipinski definition) is 4. The van der Waals surface area contributed by atoms with Crippen molar-refractivity contribution in [3.8, 4) is 0 Å². The number of pyridine rings is 1. The number of carbonyl (C=O) groups excluding carboxylic acids is 2. The van der Waals surface area contributed by atoms with Crippen LogP contribution in [0.4, 0.5) is 10.5 Å². The Morgan fingerprint density at radius 3 is 2.41 bits per heavy atom. The van der Waals surface area contributed by atoms with Gasteiger partial charge in [0, 0.05) is 5.39 Å². The van der Waals surface area contributed by atoms with Crippen LogP contribution in [0.15, 0.2) is 24.3 Å². The van der Waals surface area contributed by atoms with Crippen LogP contribution in [0.25, 0.3) is 10.9 Å². The van der Waals surface area contributed by atoms with Gasteiger partial charge in [0.05, 0.1) is 22.5 Å². The normalized spacial score (nSPS) is 11.3. The first-order valence-electron chi connectivity index (χ1n) is 7.09. The zero-order valence-corrected chi connectivity index (χ0v) is 13.5. The number of anilines is 1. The Morgan fingerprint density at radius 1 is 1.18 bits per heavy atom. The smallest absolute Gasteiger partial charge is 0.412 e. The summed E-state index contributed by atoms with van der Waals surface area (Å²) in [6.07, 6.45) is -0.592. The molecule has 2 aromatic rings. The van der Waals surface area contributed by atoms with Crippen LogP contribution in [-0.2, 0) is 4.74 Å². The number of nitrogens with zero attached hydrogens (tertiary/aromatic N) is 1. The molecule has 0 fully saturated rings. The van der Waals surface area contributed by atoms with Gasteiger partial charge in [-0.25, -0.2) is 4.79 Å². The number of ketones is 1. The monoisotopic (exact) mass is 300 g/mol. The average molecular weight is 300 g/mol. The molecule has 0 aliphatic heterocycles. The summed E-state index contributed by atoms with van der Waals surface area (Å²) in [5, 5.41) is 3.42. The fourth-order valence-corrected chi connectivity index (χ4v) is 2.30. The quantitative estimate of drug-likeness (QED) is 0.848. The Bertz CT molecular complexity index is 745. The van der Waals surface area contributed by atoms with Crippen LogP contribution in [0.3, 0.4) is 0 Å². The number of carbonyl (C=O) groups is 2. The third-order valence-electron chi connectivity index (χ3n) is 3.05. The summed E-state index contributed by atoms with van der Waals surface area (Å²) in [4.78, 5) is 28.5. The van der Waals surface area contributed by atoms with Crippen molar-refractivity contribution in [2.45, 2.75) is 40.2 Å². The highest BCUT2D eigenvalue weighted by Gasteiger charge is 2.21. The van der Waals surface area contributed by atoms with Gasteiger partial charge in [0.2, 0.25) is 0 Å². The molecule has 5 heteroatoms. The number of aryl methyl sites for hydroxylation is 1. The highest BCUT2D eigenvalue weighted by molar-refractivity contribution is 6.11. The molecule has 0 atom stereocenters. The zero-order chi connectivity index (χ0) is 16.5. The predicted molar refractivity (Wildman–Crippen MR) is 86.3 cm³/mol. The van der Waals surface area contributed by atoms with Gasteiger partial charge in [0.1, 0.15) is 5.60 Å². The Labute approximate surface area is 129 Å². The molecule has 0 radical (unpaired) electrons. The predicted octanol–water partition coefficient (Wildman–Crippen LogP) is 4.09. The zero-order valence-electron chi connectivity index (χ0n) is 13.5. The van der Waals surface area contributed by atoms with Crippen LogP contribution in [0.2, 0.25) is 0 Å². The molecule has 1 aromatic carbocycles. The largest absolute Gasteiger partial charge is 0.444 e. The molecule has 1 heterocycles. The molecular formula is C17H20N2O3. The minimum absolute atomic E-state index is 0.151. The number of amides is 1. The number of para-hydroxylation sites is 1. The van der Waals surface area contributed by atoms with Crippen molar-refractivity contribution < 1.29 is 14.3 Å². The lowest BCUT2D eigenvalue weighted by Gasteiger charge is -2.21. The van der Waals surface area contributed by atoms with E-state index in [1.165, 1.54) is 6.92 Å². The first-order valence-corrected chi connectivity index (χ1v) is 7.09. The van der Waals surface area contributed by atoms with Crippen molar-refractivity contribution in [2.24, 2.45) is 0 Å². The molecule has 2 rings (SSSR count). The fraction of sp³-hybridized carbons (Fsp3) is 0.353. The van der Waals surface area contributed by atoms with Crippen molar-refractivity contribution >= 4 is 28.5 Å². The molecule has 0 unspecified atom stereocenters. The number of fused-ring (bicyclic) bond motifs is 1. The van der Waals surface area contributed by atoms with Gasteiger partial charge in [0.15, 0.2) is 5.78 Å². The molecule has 5 nitrogen and oxygen atoms in total. The minimum Gasteiger partial charge on any atom is -0.444 e. The maximum Gasteiger partial charge on any atom is 0.412 e. The van der Waals surface area contributed by atoms with E-state index >= 15 is 0 Å². The summed E-state index contributed by atoms with van der Waals surface area (Å²) in [6.45, 7) is 8.57. The second kappa shape index (κ2) is 5.75. The molecule has 0 saturated carbocycles. The summed E-state index contributed by atoms with van der Waals surface area (Å²) >= 11 is 0. The summed E-state index contributed by atoms with van der Waals surface area (Å²) < 4.78 is 5.28. The standard InChI is InChI=1S/C17H20N2O3/c1-10-14(11(2)20)15(19-16(21)22-17(3,4)5)12-8-6-7-9-13(12)18-10/h6-9H,1-5H3,(H,18,19,21). The number of ether oxygens (including phenoxy) is 1. The Balaban J connectivity index is 2.56. The summed E-state index contributed by atoms with van der Waals surface area (Å²) in [5.41, 5.74) is 1.54. The van der Waals surface area contributed by atoms with Crippen LogP contribution >= 0.6 is 0 Å². The van der Waals surface area contributed by atoms with E-state index in [4.69, 9.17) is 4.74 Å². The van der Waals surface area contributed by atoms with E-state index < -0.39 is 11.7 Å². The van der Waals surface area contributed by atoms with Gasteiger partial charge in [-0.2, -0.15) is 0 Å². The summed E-state index contributed by atoms with van der Waals surface area (Å²) in [7, 11) is 0. The molecule has 0 aliphatic carbocycles. The van der Waals surface area contributed by atoms with E-state index in [1.807, 2.05) is 24.3 Å². The summed E-state index contributed by atoms with van der Waals surface area (Å²) in [6, 6.07) is 7.36. The molecule has 1 N–H and O–H groups in total. The van der Waals surface area contributed by atoms with Gasteiger partial charge in [-0.05, 0) is 40.7 Å². The maximum atomic E-state index is 12.1. The van der Waals surface area contributed by atoms with Crippen molar-refractivity contribution in [1.82, 2.24) is 4.98 Å². The van der Waals surface area contributed by atoms with Gasteiger partial charge < -0.3 is 4.74 Å². The molecular weight excluding hydrogens is 280 g/mol. The molecule has 0 aliphatic rings. The van der Waals surface area contributed by atoms with Gasteiger partial charge in [-0.15, -0.1) is 0 Å². The van der Waals surface area contributed by atoms with Crippen LogP contribution in [0.5, 0.6) is 0 Å². The topological polar surface area (TPSA) is 68.3 Å². The van der Waals surface area contributed by atoms with Gasteiger partial charge >= 0.3 is 6.09 Å². The second-order valence-electron chi connectivity index (χ2n) is 6.15. The maximum absolute atomic E-state index is 12.1. The lowest BCUT2D eigenvalue weighted by Crippen LogP contribution is -2.28. The third-order valence-corrected chi connectivity index (χ3v) is 3.05. The van der Waals surface area contributed by atoms with Crippen molar-refractivity contribution in [3.05, 3.63) is 35.5 Å². The Kier molecular flexibility index (Phi) is 4.17. The van der Waals surface area contributed by atoms with Crippen LogP contribution < -0.4 is 5.32 Å². The lowest BCUT2D eigenvalue weighted by atomic mass is 10.0. The molecule has 0 bridgehead atoms. The van der Waals surface area contributed by atoms with E-state index in [0.29, 0.717) is 22.3 Å². The van der Waals surface area contributed by atoms with Gasteiger partial charge in [-0.1, -0.05) is 18.2 Å². The number of benzene rings is 1. The third kappa shape index (κ3) is 3.42. The summed E-state index contributed by atoms with van der Waals surface area (Å²) in [5.74, 6) is -0.151. The van der Waals surface area contributed by atoms with Crippen molar-refractivity contribution in [2.75, 3.05) is 5.32 Å². The minimum atomic E-state index is -0.613. The highest BCUT2D eigenvalue weighted by Crippen LogP contribution is 2.29. The first-order chi connectivity index (χ1) is 10.2. The van der Waals surface area contributed by atoms with Crippen molar-refractivity contribution in [3.63, 3.8) is 0 Å². The van der Waals surface area contributed by atoms with Crippen LogP contribution in [0, 0.1) is 6.92 Å². The van der Waals surface area contributed by atoms with E-state index in [1.54, 1.807) is 27.7 Å². The molecule has 1 aromatic heterocycles. The molecule has 1 amide bonds. The van der Waals surface area contributed by atoms with E-state index in [2.05, 4.69) is 10.3 Å². The lowest BCUT2D eigenvalue weighted by molar-refractivity contribution is 0.0636. The van der Waals surface area contributed by atoms with Gasteiger partial charge in [0.25, 0.3) is 0 Å². The average Bonchev–Trinajstić information content (AvgIpc) is 2.35. The number of nitrogens with one attached hydrogen (secondary N) is 1. The Hall–Kier alpha value is -2.43. The molecule has 22 heavy (non-hydrogen) atoms. The second-order valence-corrected chi connectivity index (χ2v) is 6.15. The SMILES string of the molecule is CC(=O)c1c(C)nc2ccccc2c1NC(=O)OC(C)(C)C. The van der Waals surface area contributed by atoms with E-state index in [9.17, 15) is 9.59 Å². The van der Waals surface area contributed by atoms with E-state index in [0.717, 1.165) is 5.52 Å². The van der Waals surface area contributed by atoms with E-state index in [-0.39, 0.29) is 5.78 Å². The number of aromatic nitrogens is 1. The number of hydrogen-bond donors (Lipinski definition) is 1. The van der Waals surface area contributed by atoms with Crippen LogP contribution in [0.1, 0.15) is 43.7 Å². The number of Topliss-reactive ketones (excluding diaryl/α,β-unsaturated/α-hetero) is 1. The first kappa shape index (κ1) is 15.9. The molecule has 0 saturated heterocycles. The highest BCUT2D eigenvalue weighted by atomic mass is 16.6. The fourth-order valence-electron chi connectivity index (χ4n) is 2.30. The number of rotatable bonds is 2.